The Balaban J connectivity index is 1.93. The van der Waals surface area contributed by atoms with Gasteiger partial charge in [0.2, 0.25) is 17.7 Å². The Morgan fingerprint density at radius 1 is 1.00 bits per heavy atom. The monoisotopic (exact) mass is 620 g/mol. The lowest BCUT2D eigenvalue weighted by Crippen LogP contribution is -2.55. The van der Waals surface area contributed by atoms with Gasteiger partial charge in [-0.05, 0) is 43.4 Å². The predicted molar refractivity (Wildman–Crippen MR) is 170 cm³/mol. The Kier molecular flexibility index (Phi) is 14.9. The molecule has 3 amide bonds. The number of carbonyl (C=O) groups is 3. The Labute approximate surface area is 262 Å². The number of carbonyl (C=O) groups excluding carboxylic acids is 3. The van der Waals surface area contributed by atoms with E-state index in [2.05, 4.69) is 10.3 Å². The number of hydrogen-bond donors (Lipinski definition) is 3. The number of aromatic nitrogens is 1. The van der Waals surface area contributed by atoms with Gasteiger partial charge >= 0.3 is 0 Å². The third kappa shape index (κ3) is 11.8. The van der Waals surface area contributed by atoms with Crippen molar-refractivity contribution in [2.24, 2.45) is 23.7 Å². The van der Waals surface area contributed by atoms with E-state index in [9.17, 15) is 24.6 Å². The Bertz CT molecular complexity index is 976. The molecule has 43 heavy (non-hydrogen) atoms. The lowest BCUT2D eigenvalue weighted by Gasteiger charge is -2.42. The molecule has 244 valence electrons. The predicted octanol–water partition coefficient (Wildman–Crippen LogP) is 4.41. The summed E-state index contributed by atoms with van der Waals surface area (Å²) in [5, 5.41) is 28.3. The SMILES string of the molecule is CC(C)C[C@H](O)[C@H](O)[C@H](CC1CCCCC1)N(CC1CCCCC1)C(=O)[C@@H](CC(=O)NCC(=O)N(C)C)Cc1nccs1. The second-order valence-electron chi connectivity index (χ2n) is 13.6. The van der Waals surface area contributed by atoms with Crippen molar-refractivity contribution in [2.45, 2.75) is 122 Å². The first-order valence-corrected chi connectivity index (χ1v) is 17.4. The zero-order valence-electron chi connectivity index (χ0n) is 26.9. The van der Waals surface area contributed by atoms with Gasteiger partial charge in [-0.15, -0.1) is 11.3 Å². The number of aliphatic hydroxyl groups is 2. The first-order valence-electron chi connectivity index (χ1n) is 16.6. The number of hydrogen-bond acceptors (Lipinski definition) is 7. The molecule has 0 spiro atoms. The van der Waals surface area contributed by atoms with Crippen LogP contribution in [0.25, 0.3) is 0 Å². The molecule has 0 radical (unpaired) electrons. The summed E-state index contributed by atoms with van der Waals surface area (Å²) < 4.78 is 0. The van der Waals surface area contributed by atoms with E-state index in [1.165, 1.54) is 29.1 Å². The molecule has 0 bridgehead atoms. The number of nitrogens with one attached hydrogen (secondary N) is 1. The fourth-order valence-corrected chi connectivity index (χ4v) is 7.50. The summed E-state index contributed by atoms with van der Waals surface area (Å²) in [6.07, 6.45) is 12.2. The van der Waals surface area contributed by atoms with Crippen molar-refractivity contribution in [3.8, 4) is 0 Å². The van der Waals surface area contributed by atoms with Gasteiger partial charge in [-0.1, -0.05) is 65.2 Å². The lowest BCUT2D eigenvalue weighted by molar-refractivity contribution is -0.147. The van der Waals surface area contributed by atoms with Crippen LogP contribution >= 0.6 is 11.3 Å². The van der Waals surface area contributed by atoms with Gasteiger partial charge in [-0.25, -0.2) is 4.98 Å². The molecule has 9 nitrogen and oxygen atoms in total. The average molecular weight is 621 g/mol. The van der Waals surface area contributed by atoms with Gasteiger partial charge in [-0.3, -0.25) is 14.4 Å². The van der Waals surface area contributed by atoms with E-state index in [-0.39, 0.29) is 36.6 Å². The van der Waals surface area contributed by atoms with Crippen LogP contribution in [0.1, 0.15) is 102 Å². The minimum absolute atomic E-state index is 0.0684. The number of rotatable bonds is 16. The highest BCUT2D eigenvalue weighted by molar-refractivity contribution is 7.09. The Morgan fingerprint density at radius 3 is 2.19 bits per heavy atom. The smallest absolute Gasteiger partial charge is 0.241 e. The van der Waals surface area contributed by atoms with Crippen LogP contribution in [0.3, 0.4) is 0 Å². The normalized spacial score (nSPS) is 19.4. The lowest BCUT2D eigenvalue weighted by atomic mass is 9.80. The van der Waals surface area contributed by atoms with Gasteiger partial charge in [0.15, 0.2) is 0 Å². The minimum Gasteiger partial charge on any atom is -0.390 e. The van der Waals surface area contributed by atoms with Crippen LogP contribution in [0.5, 0.6) is 0 Å². The van der Waals surface area contributed by atoms with Crippen LogP contribution in [0.15, 0.2) is 11.6 Å². The molecule has 2 aliphatic carbocycles. The molecule has 4 atom stereocenters. The van der Waals surface area contributed by atoms with Crippen molar-refractivity contribution >= 4 is 29.1 Å². The van der Waals surface area contributed by atoms with Gasteiger partial charge in [0.1, 0.15) is 6.10 Å². The zero-order chi connectivity index (χ0) is 31.4. The quantitative estimate of drug-likeness (QED) is 0.252. The van der Waals surface area contributed by atoms with Crippen molar-refractivity contribution in [3.05, 3.63) is 16.6 Å². The molecule has 2 saturated carbocycles. The Hall–Kier alpha value is -2.04. The number of nitrogens with zero attached hydrogens (tertiary/aromatic N) is 3. The topological polar surface area (TPSA) is 123 Å². The van der Waals surface area contributed by atoms with Crippen LogP contribution in [-0.2, 0) is 20.8 Å². The molecule has 0 aromatic carbocycles. The molecular weight excluding hydrogens is 564 g/mol. The standard InChI is InChI=1S/C33H56N4O5S/c1-23(2)17-28(38)32(41)27(18-24-11-7-5-8-12-24)37(22-25-13-9-6-10-14-25)33(42)26(20-30-34-15-16-43-30)19-29(39)35-21-31(40)36(3)4/h15-16,23-28,32,38,41H,5-14,17-22H2,1-4H3,(H,35,39)/t26-,27-,28-,32+/m0/s1. The van der Waals surface area contributed by atoms with E-state index in [4.69, 9.17) is 0 Å². The summed E-state index contributed by atoms with van der Waals surface area (Å²) in [4.78, 5) is 47.7. The number of thiazole rings is 1. The van der Waals surface area contributed by atoms with Crippen LogP contribution in [0.4, 0.5) is 0 Å². The molecule has 10 heteroatoms. The highest BCUT2D eigenvalue weighted by Crippen LogP contribution is 2.34. The van der Waals surface area contributed by atoms with Crippen LogP contribution in [0.2, 0.25) is 0 Å². The van der Waals surface area contributed by atoms with Crippen LogP contribution in [0, 0.1) is 23.7 Å². The zero-order valence-corrected chi connectivity index (χ0v) is 27.7. The van der Waals surface area contributed by atoms with Crippen molar-refractivity contribution in [2.75, 3.05) is 27.2 Å². The average Bonchev–Trinajstić information content (AvgIpc) is 3.50. The maximum Gasteiger partial charge on any atom is 0.241 e. The van der Waals surface area contributed by atoms with E-state index in [0.717, 1.165) is 56.4 Å². The molecule has 1 aromatic heterocycles. The van der Waals surface area contributed by atoms with Crippen molar-refractivity contribution in [3.63, 3.8) is 0 Å². The first kappa shape index (κ1) is 35.4. The van der Waals surface area contributed by atoms with Gasteiger partial charge in [0.25, 0.3) is 0 Å². The highest BCUT2D eigenvalue weighted by atomic mass is 32.1. The molecule has 1 aromatic rings. The fourth-order valence-electron chi connectivity index (χ4n) is 6.81. The third-order valence-electron chi connectivity index (χ3n) is 9.29. The molecule has 0 unspecified atom stereocenters. The molecule has 1 heterocycles. The molecule has 2 fully saturated rings. The van der Waals surface area contributed by atoms with E-state index >= 15 is 0 Å². The molecule has 3 N–H and O–H groups in total. The molecule has 2 aliphatic rings. The third-order valence-corrected chi connectivity index (χ3v) is 10.1. The van der Waals surface area contributed by atoms with Crippen molar-refractivity contribution in [1.82, 2.24) is 20.1 Å². The summed E-state index contributed by atoms with van der Waals surface area (Å²) in [6.45, 7) is 4.46. The summed E-state index contributed by atoms with van der Waals surface area (Å²) in [6, 6.07) is -0.525. The van der Waals surface area contributed by atoms with Gasteiger partial charge in [-0.2, -0.15) is 0 Å². The van der Waals surface area contributed by atoms with E-state index < -0.39 is 24.2 Å². The highest BCUT2D eigenvalue weighted by Gasteiger charge is 2.40. The van der Waals surface area contributed by atoms with Crippen molar-refractivity contribution in [1.29, 1.82) is 0 Å². The maximum atomic E-state index is 14.7. The second-order valence-corrected chi connectivity index (χ2v) is 14.6. The number of aliphatic hydroxyl groups excluding tert-OH is 2. The summed E-state index contributed by atoms with van der Waals surface area (Å²) in [5.41, 5.74) is 0. The van der Waals surface area contributed by atoms with Crippen LogP contribution in [-0.4, -0.2) is 88.2 Å². The van der Waals surface area contributed by atoms with Gasteiger partial charge in [0.05, 0.1) is 29.6 Å². The van der Waals surface area contributed by atoms with E-state index in [1.807, 2.05) is 24.1 Å². The largest absolute Gasteiger partial charge is 0.390 e. The number of likely N-dealkylation sites (N-methyl/N-ethyl adjacent to an activating group) is 1. The molecule has 0 saturated heterocycles. The maximum absolute atomic E-state index is 14.7. The van der Waals surface area contributed by atoms with E-state index in [1.54, 1.807) is 20.3 Å². The Morgan fingerprint density at radius 2 is 1.63 bits per heavy atom. The van der Waals surface area contributed by atoms with Gasteiger partial charge in [0, 0.05) is 45.1 Å². The van der Waals surface area contributed by atoms with Gasteiger partial charge < -0.3 is 25.3 Å². The summed E-state index contributed by atoms with van der Waals surface area (Å²) in [5.74, 6) is -0.503. The summed E-state index contributed by atoms with van der Waals surface area (Å²) >= 11 is 1.46. The fraction of sp³-hybridized carbons (Fsp3) is 0.818. The number of amides is 3. The molecule has 3 rings (SSSR count). The minimum atomic E-state index is -1.07. The first-order chi connectivity index (χ1) is 20.5. The second kappa shape index (κ2) is 18.1. The van der Waals surface area contributed by atoms with Crippen molar-refractivity contribution < 1.29 is 24.6 Å². The van der Waals surface area contributed by atoms with Crippen LogP contribution < -0.4 is 5.32 Å². The molecular formula is C33H56N4O5S. The summed E-state index contributed by atoms with van der Waals surface area (Å²) in [7, 11) is 3.27. The van der Waals surface area contributed by atoms with E-state index in [0.29, 0.717) is 37.6 Å². The molecule has 0 aliphatic heterocycles.